The minimum Gasteiger partial charge on any atom is -0.361 e. The molecule has 2 aromatic carbocycles. The number of rotatable bonds is 4. The number of nitrogens with one attached hydrogen (secondary N) is 2. The third-order valence-electron chi connectivity index (χ3n) is 4.47. The summed E-state index contributed by atoms with van der Waals surface area (Å²) in [6.07, 6.45) is 4.49. The lowest BCUT2D eigenvalue weighted by Gasteiger charge is -2.16. The zero-order chi connectivity index (χ0) is 15.8. The molecule has 0 aliphatic heterocycles. The van der Waals surface area contributed by atoms with Crippen LogP contribution in [0, 0.1) is 0 Å². The van der Waals surface area contributed by atoms with Crippen LogP contribution in [0.5, 0.6) is 0 Å². The number of H-pyrrole nitrogens is 2. The van der Waals surface area contributed by atoms with E-state index in [1.807, 2.05) is 24.5 Å². The van der Waals surface area contributed by atoms with Gasteiger partial charge in [-0.05, 0) is 41.6 Å². The van der Waals surface area contributed by atoms with Gasteiger partial charge in [-0.15, -0.1) is 0 Å². The number of aromatic amines is 2. The Kier molecular flexibility index (Phi) is 3.27. The molecule has 0 amide bonds. The number of hydrogen-bond acceptors (Lipinski definition) is 1. The van der Waals surface area contributed by atoms with Gasteiger partial charge in [0.15, 0.2) is 0 Å². The number of aromatic nitrogens is 2. The standard InChI is InChI=1S/C20H18N2O/c1-13(23)10-17(15-7-6-14-8-9-21-20(14)11-15)18-12-22-19-5-3-2-4-16(18)19/h2-9,11-12,17,21-22H,10H2,1H3/t17-/m0/s1. The summed E-state index contributed by atoms with van der Waals surface area (Å²) in [5.41, 5.74) is 4.56. The summed E-state index contributed by atoms with van der Waals surface area (Å²) in [7, 11) is 0. The van der Waals surface area contributed by atoms with E-state index >= 15 is 0 Å². The van der Waals surface area contributed by atoms with Crippen LogP contribution in [0.25, 0.3) is 21.8 Å². The van der Waals surface area contributed by atoms with Gasteiger partial charge in [-0.2, -0.15) is 0 Å². The van der Waals surface area contributed by atoms with Gasteiger partial charge in [-0.25, -0.2) is 0 Å². The smallest absolute Gasteiger partial charge is 0.130 e. The van der Waals surface area contributed by atoms with Crippen molar-refractivity contribution in [3.05, 3.63) is 72.1 Å². The number of hydrogen-bond donors (Lipinski definition) is 2. The molecule has 0 radical (unpaired) electrons. The van der Waals surface area contributed by atoms with E-state index in [1.165, 1.54) is 21.9 Å². The average molecular weight is 302 g/mol. The number of carbonyl (C=O) groups is 1. The number of benzene rings is 2. The lowest BCUT2D eigenvalue weighted by atomic mass is 9.87. The van der Waals surface area contributed by atoms with Gasteiger partial charge in [0.25, 0.3) is 0 Å². The summed E-state index contributed by atoms with van der Waals surface area (Å²) < 4.78 is 0. The number of ketones is 1. The molecule has 1 atom stereocenters. The van der Waals surface area contributed by atoms with Crippen molar-refractivity contribution in [2.75, 3.05) is 0 Å². The molecule has 4 aromatic rings. The molecule has 23 heavy (non-hydrogen) atoms. The van der Waals surface area contributed by atoms with Crippen LogP contribution < -0.4 is 0 Å². The summed E-state index contributed by atoms with van der Waals surface area (Å²) in [5.74, 6) is 0.267. The first-order valence-electron chi connectivity index (χ1n) is 7.85. The molecule has 2 N–H and O–H groups in total. The van der Waals surface area contributed by atoms with E-state index in [0.29, 0.717) is 6.42 Å². The molecular weight excluding hydrogens is 284 g/mol. The molecule has 0 bridgehead atoms. The highest BCUT2D eigenvalue weighted by Gasteiger charge is 2.20. The van der Waals surface area contributed by atoms with Crippen molar-refractivity contribution in [3.8, 4) is 0 Å². The maximum Gasteiger partial charge on any atom is 0.130 e. The van der Waals surface area contributed by atoms with Crippen LogP contribution >= 0.6 is 0 Å². The molecule has 0 saturated heterocycles. The summed E-state index contributed by atoms with van der Waals surface area (Å²) >= 11 is 0. The monoisotopic (exact) mass is 302 g/mol. The Bertz CT molecular complexity index is 993. The normalized spacial score (nSPS) is 12.7. The lowest BCUT2D eigenvalue weighted by molar-refractivity contribution is -0.117. The van der Waals surface area contributed by atoms with Gasteiger partial charge >= 0.3 is 0 Å². The number of fused-ring (bicyclic) bond motifs is 2. The van der Waals surface area contributed by atoms with E-state index in [1.54, 1.807) is 6.92 Å². The van der Waals surface area contributed by atoms with Crippen molar-refractivity contribution in [2.45, 2.75) is 19.3 Å². The predicted molar refractivity (Wildman–Crippen MR) is 93.7 cm³/mol. The third kappa shape index (κ3) is 2.44. The summed E-state index contributed by atoms with van der Waals surface area (Å²) in [4.78, 5) is 18.4. The number of Topliss-reactive ketones (excluding diaryl/α,β-unsaturated/α-hetero) is 1. The molecule has 0 aliphatic rings. The molecule has 0 unspecified atom stereocenters. The number of para-hydroxylation sites is 1. The average Bonchev–Trinajstić information content (AvgIpc) is 3.18. The fraction of sp³-hybridized carbons (Fsp3) is 0.150. The Morgan fingerprint density at radius 1 is 1.04 bits per heavy atom. The van der Waals surface area contributed by atoms with E-state index in [9.17, 15) is 4.79 Å². The molecule has 114 valence electrons. The zero-order valence-corrected chi connectivity index (χ0v) is 13.0. The highest BCUT2D eigenvalue weighted by Crippen LogP contribution is 2.34. The molecule has 0 spiro atoms. The summed E-state index contributed by atoms with van der Waals surface area (Å²) in [5, 5.41) is 2.37. The Morgan fingerprint density at radius 2 is 1.91 bits per heavy atom. The Morgan fingerprint density at radius 3 is 2.78 bits per heavy atom. The van der Waals surface area contributed by atoms with Gasteiger partial charge in [-0.1, -0.05) is 30.3 Å². The van der Waals surface area contributed by atoms with Gasteiger partial charge in [0.05, 0.1) is 0 Å². The Labute approximate surface area is 134 Å². The fourth-order valence-electron chi connectivity index (χ4n) is 3.36. The minimum absolute atomic E-state index is 0.0661. The molecule has 2 heterocycles. The van der Waals surface area contributed by atoms with Crippen LogP contribution in [0.1, 0.15) is 30.4 Å². The second-order valence-corrected chi connectivity index (χ2v) is 6.07. The largest absolute Gasteiger partial charge is 0.361 e. The molecule has 0 aliphatic carbocycles. The van der Waals surface area contributed by atoms with Crippen LogP contribution in [0.3, 0.4) is 0 Å². The van der Waals surface area contributed by atoms with Crippen LogP contribution in [0.4, 0.5) is 0 Å². The van der Waals surface area contributed by atoms with Crippen molar-refractivity contribution in [1.82, 2.24) is 9.97 Å². The van der Waals surface area contributed by atoms with E-state index in [2.05, 4.69) is 46.4 Å². The van der Waals surface area contributed by atoms with Crippen molar-refractivity contribution in [1.29, 1.82) is 0 Å². The van der Waals surface area contributed by atoms with Gasteiger partial charge in [0.1, 0.15) is 5.78 Å². The number of carbonyl (C=O) groups excluding carboxylic acids is 1. The highest BCUT2D eigenvalue weighted by molar-refractivity contribution is 5.87. The summed E-state index contributed by atoms with van der Waals surface area (Å²) in [6.45, 7) is 1.66. The van der Waals surface area contributed by atoms with Crippen LogP contribution in [-0.2, 0) is 4.79 Å². The summed E-state index contributed by atoms with van der Waals surface area (Å²) in [6, 6.07) is 16.7. The first-order valence-corrected chi connectivity index (χ1v) is 7.85. The van der Waals surface area contributed by atoms with Gasteiger partial charge in [-0.3, -0.25) is 4.79 Å². The van der Waals surface area contributed by atoms with Gasteiger partial charge < -0.3 is 9.97 Å². The maximum absolute atomic E-state index is 11.9. The quantitative estimate of drug-likeness (QED) is 0.561. The Hall–Kier alpha value is -2.81. The second-order valence-electron chi connectivity index (χ2n) is 6.07. The van der Waals surface area contributed by atoms with E-state index in [4.69, 9.17) is 0 Å². The molecule has 0 saturated carbocycles. The molecule has 3 nitrogen and oxygen atoms in total. The molecular formula is C20H18N2O. The van der Waals surface area contributed by atoms with Crippen molar-refractivity contribution in [3.63, 3.8) is 0 Å². The van der Waals surface area contributed by atoms with E-state index in [-0.39, 0.29) is 11.7 Å². The highest BCUT2D eigenvalue weighted by atomic mass is 16.1. The molecule has 3 heteroatoms. The van der Waals surface area contributed by atoms with Gasteiger partial charge in [0.2, 0.25) is 0 Å². The second kappa shape index (κ2) is 5.43. The molecule has 0 fully saturated rings. The van der Waals surface area contributed by atoms with Crippen LogP contribution in [0.15, 0.2) is 60.9 Å². The lowest BCUT2D eigenvalue weighted by Crippen LogP contribution is -2.06. The first kappa shape index (κ1) is 13.8. The third-order valence-corrected chi connectivity index (χ3v) is 4.47. The zero-order valence-electron chi connectivity index (χ0n) is 13.0. The van der Waals surface area contributed by atoms with E-state index in [0.717, 1.165) is 11.0 Å². The predicted octanol–water partition coefficient (Wildman–Crippen LogP) is 4.76. The minimum atomic E-state index is 0.0661. The van der Waals surface area contributed by atoms with Crippen molar-refractivity contribution >= 4 is 27.6 Å². The maximum atomic E-state index is 11.9. The van der Waals surface area contributed by atoms with Crippen molar-refractivity contribution < 1.29 is 4.79 Å². The SMILES string of the molecule is CC(=O)C[C@@H](c1ccc2cc[nH]c2c1)c1c[nH]c2ccccc12. The van der Waals surface area contributed by atoms with Gasteiger partial charge in [0, 0.05) is 41.2 Å². The van der Waals surface area contributed by atoms with Crippen LogP contribution in [-0.4, -0.2) is 15.8 Å². The molecule has 2 aromatic heterocycles. The molecule has 4 rings (SSSR count). The fourth-order valence-corrected chi connectivity index (χ4v) is 3.36. The van der Waals surface area contributed by atoms with E-state index < -0.39 is 0 Å². The van der Waals surface area contributed by atoms with Crippen LogP contribution in [0.2, 0.25) is 0 Å². The Balaban J connectivity index is 1.87. The first-order chi connectivity index (χ1) is 11.2. The topological polar surface area (TPSA) is 48.6 Å². The van der Waals surface area contributed by atoms with Crippen molar-refractivity contribution in [2.24, 2.45) is 0 Å².